The molecule has 0 spiro atoms. The zero-order valence-electron chi connectivity index (χ0n) is 5.70. The first-order valence-corrected chi connectivity index (χ1v) is 2.43. The molecule has 0 aromatic rings. The van der Waals surface area contributed by atoms with Crippen molar-refractivity contribution in [3.8, 4) is 0 Å². The summed E-state index contributed by atoms with van der Waals surface area (Å²) >= 11 is 0. The van der Waals surface area contributed by atoms with Crippen LogP contribution in [0.5, 0.6) is 0 Å². The van der Waals surface area contributed by atoms with Crippen LogP contribution in [-0.4, -0.2) is 0 Å². The summed E-state index contributed by atoms with van der Waals surface area (Å²) in [5, 5.41) is 0. The minimum atomic E-state index is 0. The fraction of sp³-hybridized carbons (Fsp3) is 1.00. The molecule has 0 aliphatic heterocycles. The first-order valence-electron chi connectivity index (χ1n) is 2.43. The van der Waals surface area contributed by atoms with Gasteiger partial charge in [0.25, 0.3) is 0 Å². The van der Waals surface area contributed by atoms with Crippen LogP contribution in [0.25, 0.3) is 0 Å². The Hall–Kier alpha value is 1.00. The molecule has 0 atom stereocenters. The van der Waals surface area contributed by atoms with Crippen molar-refractivity contribution in [3.05, 3.63) is 0 Å². The van der Waals surface area contributed by atoms with E-state index >= 15 is 0 Å². The van der Waals surface area contributed by atoms with Gasteiger partial charge in [0.15, 0.2) is 0 Å². The van der Waals surface area contributed by atoms with Crippen molar-refractivity contribution >= 4 is 0 Å². The Labute approximate surface area is 63.1 Å². The molecule has 0 aromatic heterocycles. The molecule has 0 N–H and O–H groups in total. The number of rotatable bonds is 1. The summed E-state index contributed by atoms with van der Waals surface area (Å²) in [4.78, 5) is 0. The number of hydrogen-bond donors (Lipinski definition) is 0. The van der Waals surface area contributed by atoms with Crippen LogP contribution in [-0.2, 0) is 0 Å². The monoisotopic (exact) mass is 94.1 g/mol. The van der Waals surface area contributed by atoms with Crippen molar-refractivity contribution in [1.29, 1.82) is 0 Å². The molecule has 0 heterocycles. The molecule has 1 heteroatoms. The van der Waals surface area contributed by atoms with Gasteiger partial charge in [0.05, 0.1) is 0 Å². The van der Waals surface area contributed by atoms with Crippen molar-refractivity contribution in [2.24, 2.45) is 5.92 Å². The van der Waals surface area contributed by atoms with Gasteiger partial charge in [0.2, 0.25) is 0 Å². The van der Waals surface area contributed by atoms with Gasteiger partial charge in [-0.1, -0.05) is 26.2 Å². The molecule has 0 radical (unpaired) electrons. The molecule has 0 nitrogen and oxygen atoms in total. The largest absolute Gasteiger partial charge is 1.00 e. The Bertz CT molecular complexity index is 35.1. The Kier molecular flexibility index (Phi) is 3.57. The third kappa shape index (κ3) is 2.22. The van der Waals surface area contributed by atoms with E-state index in [0.29, 0.717) is 0 Å². The van der Waals surface area contributed by atoms with Crippen molar-refractivity contribution in [1.82, 2.24) is 0 Å². The molecule has 1 fully saturated rings. The Morgan fingerprint density at radius 2 is 2.17 bits per heavy atom. The Morgan fingerprint density at radius 1 is 1.67 bits per heavy atom. The molecule has 0 aromatic carbocycles. The molecule has 0 amide bonds. The van der Waals surface area contributed by atoms with Crippen molar-refractivity contribution in [3.63, 3.8) is 0 Å². The Balaban J connectivity index is 0. The standard InChI is InChI=1S/C5H10.Na.H/c1-2-5-3-4-5;;/h5H,2-4H2,1H3;;/q;+1;-1. The first-order chi connectivity index (χ1) is 2.43. The molecule has 1 aliphatic carbocycles. The van der Waals surface area contributed by atoms with Crippen LogP contribution in [0.3, 0.4) is 0 Å². The van der Waals surface area contributed by atoms with E-state index < -0.39 is 0 Å². The van der Waals surface area contributed by atoms with Crippen molar-refractivity contribution in [2.75, 3.05) is 0 Å². The van der Waals surface area contributed by atoms with E-state index in [1.807, 2.05) is 0 Å². The molecular weight excluding hydrogens is 83.0 g/mol. The quantitative estimate of drug-likeness (QED) is 0.363. The fourth-order valence-electron chi connectivity index (χ4n) is 0.526. The maximum atomic E-state index is 2.26. The van der Waals surface area contributed by atoms with Gasteiger partial charge in [0, 0.05) is 0 Å². The van der Waals surface area contributed by atoms with Crippen molar-refractivity contribution in [2.45, 2.75) is 26.2 Å². The molecular formula is C5H11Na. The minimum absolute atomic E-state index is 0. The van der Waals surface area contributed by atoms with Gasteiger partial charge < -0.3 is 1.43 Å². The smallest absolute Gasteiger partial charge is 1.00 e. The second kappa shape index (κ2) is 3.06. The molecule has 1 rings (SSSR count). The van der Waals surface area contributed by atoms with Gasteiger partial charge in [-0.05, 0) is 5.92 Å². The molecule has 1 aliphatic rings. The normalized spacial score (nSPS) is 19.5. The van der Waals surface area contributed by atoms with Crippen LogP contribution in [0.4, 0.5) is 0 Å². The van der Waals surface area contributed by atoms with E-state index in [0.717, 1.165) is 5.92 Å². The summed E-state index contributed by atoms with van der Waals surface area (Å²) in [5.74, 6) is 1.13. The van der Waals surface area contributed by atoms with Gasteiger partial charge >= 0.3 is 29.6 Å². The summed E-state index contributed by atoms with van der Waals surface area (Å²) < 4.78 is 0. The predicted molar refractivity (Wildman–Crippen MR) is 24.1 cm³/mol. The summed E-state index contributed by atoms with van der Waals surface area (Å²) in [6.07, 6.45) is 4.44. The summed E-state index contributed by atoms with van der Waals surface area (Å²) in [6, 6.07) is 0. The SMILES string of the molecule is CCC1CC1.[H-].[Na+]. The first kappa shape index (κ1) is 7.00. The van der Waals surface area contributed by atoms with E-state index in [4.69, 9.17) is 0 Å². The molecule has 1 saturated carbocycles. The maximum Gasteiger partial charge on any atom is 1.00 e. The van der Waals surface area contributed by atoms with E-state index in [1.165, 1.54) is 19.3 Å². The van der Waals surface area contributed by atoms with Crippen LogP contribution < -0.4 is 29.6 Å². The number of hydrogen-bond acceptors (Lipinski definition) is 0. The van der Waals surface area contributed by atoms with Crippen LogP contribution in [0.15, 0.2) is 0 Å². The molecule has 32 valence electrons. The predicted octanol–water partition coefficient (Wildman–Crippen LogP) is -1.08. The van der Waals surface area contributed by atoms with Gasteiger partial charge in [-0.25, -0.2) is 0 Å². The van der Waals surface area contributed by atoms with Crippen LogP contribution in [0.2, 0.25) is 0 Å². The van der Waals surface area contributed by atoms with E-state index in [1.54, 1.807) is 0 Å². The van der Waals surface area contributed by atoms with Crippen LogP contribution >= 0.6 is 0 Å². The maximum absolute atomic E-state index is 2.26. The van der Waals surface area contributed by atoms with E-state index in [9.17, 15) is 0 Å². The van der Waals surface area contributed by atoms with Crippen molar-refractivity contribution < 1.29 is 31.0 Å². The summed E-state index contributed by atoms with van der Waals surface area (Å²) in [7, 11) is 0. The Morgan fingerprint density at radius 3 is 2.17 bits per heavy atom. The van der Waals surface area contributed by atoms with E-state index in [-0.39, 0.29) is 31.0 Å². The van der Waals surface area contributed by atoms with Gasteiger partial charge in [0.1, 0.15) is 0 Å². The second-order valence-corrected chi connectivity index (χ2v) is 1.85. The average Bonchev–Trinajstić information content (AvgIpc) is 2.12. The summed E-state index contributed by atoms with van der Waals surface area (Å²) in [5.41, 5.74) is 0. The van der Waals surface area contributed by atoms with Gasteiger partial charge in [-0.3, -0.25) is 0 Å². The zero-order chi connectivity index (χ0) is 3.70. The topological polar surface area (TPSA) is 0 Å². The second-order valence-electron chi connectivity index (χ2n) is 1.85. The molecule has 0 unspecified atom stereocenters. The molecule has 0 bridgehead atoms. The van der Waals surface area contributed by atoms with Crippen LogP contribution in [0, 0.1) is 5.92 Å². The summed E-state index contributed by atoms with van der Waals surface area (Å²) in [6.45, 7) is 2.26. The molecule has 6 heavy (non-hydrogen) atoms. The fourth-order valence-corrected chi connectivity index (χ4v) is 0.526. The minimum Gasteiger partial charge on any atom is -1.00 e. The third-order valence-electron chi connectivity index (χ3n) is 1.27. The van der Waals surface area contributed by atoms with Gasteiger partial charge in [-0.15, -0.1) is 0 Å². The van der Waals surface area contributed by atoms with Gasteiger partial charge in [-0.2, -0.15) is 0 Å². The zero-order valence-corrected chi connectivity index (χ0v) is 6.70. The average molecular weight is 94.1 g/mol. The molecule has 0 saturated heterocycles. The third-order valence-corrected chi connectivity index (χ3v) is 1.27. The van der Waals surface area contributed by atoms with E-state index in [2.05, 4.69) is 6.92 Å². The van der Waals surface area contributed by atoms with Crippen LogP contribution in [0.1, 0.15) is 27.6 Å².